The van der Waals surface area contributed by atoms with Crippen LogP contribution in [0.5, 0.6) is 0 Å². The number of rotatable bonds is 4. The van der Waals surface area contributed by atoms with Crippen LogP contribution in [-0.2, 0) is 23.9 Å². The van der Waals surface area contributed by atoms with Crippen molar-refractivity contribution in [2.45, 2.75) is 125 Å². The lowest BCUT2D eigenvalue weighted by atomic mass is 9.32. The van der Waals surface area contributed by atoms with E-state index < -0.39 is 17.5 Å². The molecule has 5 saturated carbocycles. The largest absolute Gasteiger partial charge is 0.481 e. The van der Waals surface area contributed by atoms with Gasteiger partial charge in [-0.2, -0.15) is 0 Å². The molecule has 40 heavy (non-hydrogen) atoms. The molecule has 5 rings (SSSR count). The molecule has 0 spiro atoms. The molecule has 6 nitrogen and oxygen atoms in total. The number of fused-ring (bicyclic) bond motifs is 7. The lowest BCUT2D eigenvalue weighted by Gasteiger charge is -2.73. The maximum Gasteiger partial charge on any atom is 0.313 e. The third kappa shape index (κ3) is 3.75. The van der Waals surface area contributed by atoms with Gasteiger partial charge in [-0.3, -0.25) is 14.4 Å². The van der Waals surface area contributed by atoms with Crippen LogP contribution in [-0.4, -0.2) is 35.2 Å². The predicted molar refractivity (Wildman–Crippen MR) is 153 cm³/mol. The van der Waals surface area contributed by atoms with E-state index in [1.54, 1.807) is 0 Å². The number of allylic oxidation sites excluding steroid dienone is 1. The van der Waals surface area contributed by atoms with E-state index in [9.17, 15) is 19.5 Å². The quantitative estimate of drug-likeness (QED) is 0.291. The van der Waals surface area contributed by atoms with E-state index in [2.05, 4.69) is 48.1 Å². The second-order valence-corrected chi connectivity index (χ2v) is 15.8. The van der Waals surface area contributed by atoms with E-state index in [0.29, 0.717) is 24.7 Å². The number of carbonyl (C=O) groups excluding carboxylic acids is 2. The number of carbonyl (C=O) groups is 3. The van der Waals surface area contributed by atoms with Gasteiger partial charge in [0.1, 0.15) is 17.6 Å². The monoisotopic (exact) mass is 556 g/mol. The first kappa shape index (κ1) is 29.6. The van der Waals surface area contributed by atoms with Gasteiger partial charge in [0.2, 0.25) is 0 Å². The van der Waals surface area contributed by atoms with Gasteiger partial charge in [0.05, 0.1) is 0 Å². The molecule has 0 aromatic rings. The van der Waals surface area contributed by atoms with E-state index in [4.69, 9.17) is 9.47 Å². The standard InChI is InChI=1S/C34H52O6/c1-19(2)22-12-17-34(29(37)38)27(40-21(4)36)18-33(9)23(28(22)34)10-11-25-31(7)15-14-26(39-20(3)35)30(5,6)24(31)13-16-32(25,33)8/h22-28H,1,10-18H2,2-9H3,(H,37,38). The molecule has 11 atom stereocenters. The molecule has 6 heteroatoms. The molecule has 0 aromatic carbocycles. The zero-order chi connectivity index (χ0) is 29.6. The number of hydrogen-bond acceptors (Lipinski definition) is 5. The number of carboxylic acids is 1. The first-order valence-corrected chi connectivity index (χ1v) is 15.7. The van der Waals surface area contributed by atoms with Crippen LogP contribution in [0.1, 0.15) is 113 Å². The van der Waals surface area contributed by atoms with E-state index >= 15 is 0 Å². The summed E-state index contributed by atoms with van der Waals surface area (Å²) in [4.78, 5) is 37.6. The average molecular weight is 557 g/mol. The van der Waals surface area contributed by atoms with Crippen molar-refractivity contribution in [3.05, 3.63) is 12.2 Å². The van der Waals surface area contributed by atoms with Crippen molar-refractivity contribution >= 4 is 17.9 Å². The number of ether oxygens (including phenoxy) is 2. The fraction of sp³-hybridized carbons (Fsp3) is 0.853. The summed E-state index contributed by atoms with van der Waals surface area (Å²) in [5.41, 5.74) is -0.178. The molecule has 0 bridgehead atoms. The number of hydrogen-bond donors (Lipinski definition) is 1. The topological polar surface area (TPSA) is 89.9 Å². The Morgan fingerprint density at radius 2 is 1.38 bits per heavy atom. The van der Waals surface area contributed by atoms with Crippen molar-refractivity contribution in [2.75, 3.05) is 0 Å². The number of carboxylic acid groups (broad SMARTS) is 1. The molecule has 11 unspecified atom stereocenters. The van der Waals surface area contributed by atoms with Gasteiger partial charge < -0.3 is 14.6 Å². The van der Waals surface area contributed by atoms with E-state index in [1.165, 1.54) is 13.8 Å². The fourth-order valence-corrected chi connectivity index (χ4v) is 12.3. The van der Waals surface area contributed by atoms with Gasteiger partial charge in [-0.1, -0.05) is 46.8 Å². The van der Waals surface area contributed by atoms with Crippen LogP contribution >= 0.6 is 0 Å². The van der Waals surface area contributed by atoms with Gasteiger partial charge >= 0.3 is 17.9 Å². The number of esters is 2. The number of aliphatic carboxylic acids is 1. The van der Waals surface area contributed by atoms with Crippen LogP contribution in [0.25, 0.3) is 0 Å². The maximum atomic E-state index is 13.2. The minimum Gasteiger partial charge on any atom is -0.481 e. The van der Waals surface area contributed by atoms with Gasteiger partial charge in [-0.05, 0) is 111 Å². The third-order valence-corrected chi connectivity index (χ3v) is 14.0. The predicted octanol–water partition coefficient (Wildman–Crippen LogP) is 7.20. The molecular weight excluding hydrogens is 504 g/mol. The SMILES string of the molecule is C=C(C)C1CCC2(C(=O)O)C(OC(C)=O)CC3(C)C(CCC4C5(C)CCC(OC(C)=O)C(C)(C)C5CCC43C)C12. The highest BCUT2D eigenvalue weighted by molar-refractivity contribution is 5.78. The molecule has 0 aromatic heterocycles. The minimum absolute atomic E-state index is 0.0171. The second kappa shape index (κ2) is 9.33. The molecule has 5 aliphatic carbocycles. The molecule has 0 aliphatic heterocycles. The lowest BCUT2D eigenvalue weighted by molar-refractivity contribution is -0.266. The van der Waals surface area contributed by atoms with Gasteiger partial charge in [-0.15, -0.1) is 0 Å². The van der Waals surface area contributed by atoms with Crippen LogP contribution in [0.15, 0.2) is 12.2 Å². The van der Waals surface area contributed by atoms with Crippen LogP contribution in [0.2, 0.25) is 0 Å². The van der Waals surface area contributed by atoms with Crippen LogP contribution in [0.3, 0.4) is 0 Å². The van der Waals surface area contributed by atoms with Crippen molar-refractivity contribution < 1.29 is 29.0 Å². The Balaban J connectivity index is 1.59. The summed E-state index contributed by atoms with van der Waals surface area (Å²) in [6, 6.07) is 0. The Bertz CT molecular complexity index is 1110. The molecular formula is C34H52O6. The molecule has 0 amide bonds. The van der Waals surface area contributed by atoms with Crippen molar-refractivity contribution in [3.63, 3.8) is 0 Å². The average Bonchev–Trinajstić information content (AvgIpc) is 3.23. The van der Waals surface area contributed by atoms with Crippen LogP contribution in [0, 0.1) is 56.7 Å². The van der Waals surface area contributed by atoms with Gasteiger partial charge in [0.25, 0.3) is 0 Å². The smallest absolute Gasteiger partial charge is 0.313 e. The molecule has 0 saturated heterocycles. The first-order chi connectivity index (χ1) is 18.5. The fourth-order valence-electron chi connectivity index (χ4n) is 12.3. The Morgan fingerprint density at radius 1 is 0.750 bits per heavy atom. The van der Waals surface area contributed by atoms with Gasteiger partial charge in [-0.25, -0.2) is 0 Å². The highest BCUT2D eigenvalue weighted by atomic mass is 16.5. The molecule has 5 aliphatic rings. The summed E-state index contributed by atoms with van der Waals surface area (Å²) in [6.45, 7) is 21.3. The third-order valence-electron chi connectivity index (χ3n) is 14.0. The summed E-state index contributed by atoms with van der Waals surface area (Å²) in [5.74, 6) is -0.179. The minimum atomic E-state index is -1.05. The van der Waals surface area contributed by atoms with Crippen molar-refractivity contribution in [3.8, 4) is 0 Å². The molecule has 0 heterocycles. The van der Waals surface area contributed by atoms with Crippen molar-refractivity contribution in [1.82, 2.24) is 0 Å². The van der Waals surface area contributed by atoms with Crippen LogP contribution < -0.4 is 0 Å². The van der Waals surface area contributed by atoms with Crippen molar-refractivity contribution in [2.24, 2.45) is 56.7 Å². The van der Waals surface area contributed by atoms with Gasteiger partial charge in [0, 0.05) is 19.3 Å². The van der Waals surface area contributed by atoms with E-state index in [0.717, 1.165) is 50.5 Å². The first-order valence-electron chi connectivity index (χ1n) is 15.7. The summed E-state index contributed by atoms with van der Waals surface area (Å²) >= 11 is 0. The normalized spacial score (nSPS) is 49.0. The van der Waals surface area contributed by atoms with Crippen LogP contribution in [0.4, 0.5) is 0 Å². The summed E-state index contributed by atoms with van der Waals surface area (Å²) in [7, 11) is 0. The van der Waals surface area contributed by atoms with E-state index in [1.807, 2.05) is 0 Å². The van der Waals surface area contributed by atoms with Gasteiger partial charge in [0.15, 0.2) is 0 Å². The molecule has 5 fully saturated rings. The van der Waals surface area contributed by atoms with Crippen molar-refractivity contribution in [1.29, 1.82) is 0 Å². The highest BCUT2D eigenvalue weighted by Gasteiger charge is 2.75. The second-order valence-electron chi connectivity index (χ2n) is 15.8. The Labute approximate surface area is 241 Å². The maximum absolute atomic E-state index is 13.2. The summed E-state index contributed by atoms with van der Waals surface area (Å²) < 4.78 is 11.9. The summed E-state index contributed by atoms with van der Waals surface area (Å²) in [5, 5.41) is 10.8. The zero-order valence-electron chi connectivity index (χ0n) is 26.1. The molecule has 0 radical (unpaired) electrons. The molecule has 224 valence electrons. The lowest BCUT2D eigenvalue weighted by Crippen LogP contribution is -2.69. The molecule has 1 N–H and O–H groups in total. The highest BCUT2D eigenvalue weighted by Crippen LogP contribution is 2.77. The Morgan fingerprint density at radius 3 is 1.95 bits per heavy atom. The summed E-state index contributed by atoms with van der Waals surface area (Å²) in [6.07, 6.45) is 7.37. The Kier molecular flexibility index (Phi) is 6.91. The van der Waals surface area contributed by atoms with E-state index in [-0.39, 0.29) is 57.5 Å². The zero-order valence-corrected chi connectivity index (χ0v) is 26.1. The Hall–Kier alpha value is -1.85.